The molecule has 3 atom stereocenters. The molecule has 1 aliphatic heterocycles. The van der Waals surface area contributed by atoms with E-state index >= 15 is 0 Å². The van der Waals surface area contributed by atoms with Gasteiger partial charge in [-0.15, -0.1) is 0 Å². The summed E-state index contributed by atoms with van der Waals surface area (Å²) in [6.07, 6.45) is 10.8. The number of carbonyl (C=O) groups is 3. The van der Waals surface area contributed by atoms with Crippen LogP contribution in [-0.2, 0) is 20.8 Å². The van der Waals surface area contributed by atoms with Crippen LogP contribution in [0.15, 0.2) is 12.5 Å². The summed E-state index contributed by atoms with van der Waals surface area (Å²) in [7, 11) is 0. The average Bonchev–Trinajstić information content (AvgIpc) is 3.25. The Kier molecular flexibility index (Phi) is 7.77. The van der Waals surface area contributed by atoms with E-state index in [1.165, 1.54) is 0 Å². The lowest BCUT2D eigenvalue weighted by atomic mass is 9.75. The summed E-state index contributed by atoms with van der Waals surface area (Å²) >= 11 is 0. The summed E-state index contributed by atoms with van der Waals surface area (Å²) in [6, 6.07) is -1.27. The number of rotatable bonds is 10. The first-order valence-electron chi connectivity index (χ1n) is 11.3. The van der Waals surface area contributed by atoms with E-state index in [4.69, 9.17) is 0 Å². The molecule has 0 spiro atoms. The Morgan fingerprint density at radius 3 is 2.67 bits per heavy atom. The molecule has 1 aliphatic carbocycles. The molecule has 30 heavy (non-hydrogen) atoms. The number of ketones is 2. The van der Waals surface area contributed by atoms with E-state index in [0.29, 0.717) is 25.8 Å². The minimum Gasteiger partial charge on any atom is -0.348 e. The molecule has 1 aromatic rings. The second-order valence-corrected chi connectivity index (χ2v) is 8.76. The standard InChI is InChI=1S/C22H35N5O3/c1-3-4-8-17-21(30)26-19(13-24-17)20(29)22(9-6-5-7-10-22)27-18(15(2)28)11-16-12-23-14-25-16/h12,14,17-19,24,27H,3-11,13H2,1-2H3,(H,23,25)(H,26,30)/t17-,18-,19+/m0/s1. The van der Waals surface area contributed by atoms with E-state index in [0.717, 1.165) is 44.2 Å². The summed E-state index contributed by atoms with van der Waals surface area (Å²) in [5, 5.41) is 9.65. The number of amides is 1. The monoisotopic (exact) mass is 417 g/mol. The van der Waals surface area contributed by atoms with Crippen molar-refractivity contribution in [2.75, 3.05) is 6.54 Å². The zero-order chi connectivity index (χ0) is 21.6. The van der Waals surface area contributed by atoms with Crippen molar-refractivity contribution >= 4 is 17.5 Å². The molecule has 2 aliphatic rings. The molecule has 0 radical (unpaired) electrons. The lowest BCUT2D eigenvalue weighted by Gasteiger charge is -2.42. The molecule has 166 valence electrons. The highest BCUT2D eigenvalue weighted by molar-refractivity contribution is 5.98. The maximum atomic E-state index is 13.7. The Hall–Kier alpha value is -2.06. The molecule has 2 heterocycles. The lowest BCUT2D eigenvalue weighted by molar-refractivity contribution is -0.136. The van der Waals surface area contributed by atoms with Gasteiger partial charge in [-0.05, 0) is 26.2 Å². The number of imidazole rings is 1. The van der Waals surface area contributed by atoms with Crippen molar-refractivity contribution in [3.8, 4) is 0 Å². The molecule has 0 unspecified atom stereocenters. The molecule has 1 aromatic heterocycles. The van der Waals surface area contributed by atoms with Crippen LogP contribution >= 0.6 is 0 Å². The predicted octanol–water partition coefficient (Wildman–Crippen LogP) is 1.42. The SMILES string of the molecule is CCCC[C@@H]1NC[C@H](C(=O)C2(N[C@@H](Cc3cnc[nH]3)C(C)=O)CCCCC2)NC1=O. The number of piperazine rings is 1. The number of hydrogen-bond acceptors (Lipinski definition) is 6. The predicted molar refractivity (Wildman–Crippen MR) is 114 cm³/mol. The van der Waals surface area contributed by atoms with Gasteiger partial charge in [-0.2, -0.15) is 0 Å². The molecule has 1 saturated carbocycles. The van der Waals surface area contributed by atoms with Crippen LogP contribution in [0, 0.1) is 0 Å². The number of aromatic amines is 1. The third-order valence-electron chi connectivity index (χ3n) is 6.46. The van der Waals surface area contributed by atoms with E-state index in [9.17, 15) is 14.4 Å². The summed E-state index contributed by atoms with van der Waals surface area (Å²) in [4.78, 5) is 45.6. The highest BCUT2D eigenvalue weighted by atomic mass is 16.2. The maximum Gasteiger partial charge on any atom is 0.237 e. The second-order valence-electron chi connectivity index (χ2n) is 8.76. The van der Waals surface area contributed by atoms with Crippen molar-refractivity contribution in [3.05, 3.63) is 18.2 Å². The van der Waals surface area contributed by atoms with Gasteiger partial charge in [0.2, 0.25) is 5.91 Å². The van der Waals surface area contributed by atoms with E-state index in [2.05, 4.69) is 32.8 Å². The van der Waals surface area contributed by atoms with Crippen molar-refractivity contribution < 1.29 is 14.4 Å². The maximum absolute atomic E-state index is 13.7. The lowest BCUT2D eigenvalue weighted by Crippen LogP contribution is -2.68. The van der Waals surface area contributed by atoms with Gasteiger partial charge in [-0.25, -0.2) is 4.98 Å². The number of hydrogen-bond donors (Lipinski definition) is 4. The first kappa shape index (κ1) is 22.6. The Bertz CT molecular complexity index is 727. The molecule has 1 amide bonds. The Balaban J connectivity index is 1.73. The fraction of sp³-hybridized carbons (Fsp3) is 0.727. The highest BCUT2D eigenvalue weighted by Crippen LogP contribution is 2.31. The highest BCUT2D eigenvalue weighted by Gasteiger charge is 2.46. The van der Waals surface area contributed by atoms with Gasteiger partial charge in [-0.1, -0.05) is 39.0 Å². The van der Waals surface area contributed by atoms with Gasteiger partial charge in [0.05, 0.1) is 23.9 Å². The summed E-state index contributed by atoms with van der Waals surface area (Å²) in [6.45, 7) is 4.09. The minimum atomic E-state index is -0.787. The van der Waals surface area contributed by atoms with Gasteiger partial charge in [0.25, 0.3) is 0 Å². The van der Waals surface area contributed by atoms with Crippen molar-refractivity contribution in [1.29, 1.82) is 0 Å². The first-order chi connectivity index (χ1) is 14.4. The molecule has 0 aromatic carbocycles. The average molecular weight is 418 g/mol. The first-order valence-corrected chi connectivity index (χ1v) is 11.3. The van der Waals surface area contributed by atoms with Crippen LogP contribution in [0.5, 0.6) is 0 Å². The van der Waals surface area contributed by atoms with E-state index in [1.54, 1.807) is 19.4 Å². The normalized spacial score (nSPS) is 24.8. The van der Waals surface area contributed by atoms with Crippen LogP contribution in [-0.4, -0.2) is 57.7 Å². The summed E-state index contributed by atoms with van der Waals surface area (Å²) < 4.78 is 0. The number of nitrogens with zero attached hydrogens (tertiary/aromatic N) is 1. The van der Waals surface area contributed by atoms with Crippen molar-refractivity contribution in [1.82, 2.24) is 25.9 Å². The topological polar surface area (TPSA) is 116 Å². The van der Waals surface area contributed by atoms with Crippen LogP contribution in [0.4, 0.5) is 0 Å². The zero-order valence-electron chi connectivity index (χ0n) is 18.1. The summed E-state index contributed by atoms with van der Waals surface area (Å²) in [5.74, 6) is -0.111. The number of carbonyl (C=O) groups excluding carboxylic acids is 3. The van der Waals surface area contributed by atoms with Gasteiger partial charge in [0.15, 0.2) is 5.78 Å². The minimum absolute atomic E-state index is 0.00662. The number of Topliss-reactive ketones (excluding diaryl/α,β-unsaturated/α-hetero) is 2. The smallest absolute Gasteiger partial charge is 0.237 e. The van der Waals surface area contributed by atoms with Crippen molar-refractivity contribution in [2.24, 2.45) is 0 Å². The van der Waals surface area contributed by atoms with E-state index in [1.807, 2.05) is 0 Å². The Labute approximate surface area is 178 Å². The van der Waals surface area contributed by atoms with Gasteiger partial charge in [0.1, 0.15) is 11.8 Å². The van der Waals surface area contributed by atoms with Crippen molar-refractivity contribution in [2.45, 2.75) is 95.3 Å². The van der Waals surface area contributed by atoms with Crippen LogP contribution in [0.25, 0.3) is 0 Å². The number of aromatic nitrogens is 2. The van der Waals surface area contributed by atoms with Crippen molar-refractivity contribution in [3.63, 3.8) is 0 Å². The summed E-state index contributed by atoms with van der Waals surface area (Å²) in [5.41, 5.74) is 0.0670. The van der Waals surface area contributed by atoms with Crippen LogP contribution in [0.3, 0.4) is 0 Å². The molecule has 8 nitrogen and oxygen atoms in total. The molecule has 1 saturated heterocycles. The van der Waals surface area contributed by atoms with Gasteiger partial charge >= 0.3 is 0 Å². The largest absolute Gasteiger partial charge is 0.348 e. The number of nitrogens with one attached hydrogen (secondary N) is 4. The van der Waals surface area contributed by atoms with Crippen LogP contribution in [0.2, 0.25) is 0 Å². The van der Waals surface area contributed by atoms with Gasteiger partial charge in [-0.3, -0.25) is 19.7 Å². The fourth-order valence-corrected chi connectivity index (χ4v) is 4.67. The van der Waals surface area contributed by atoms with Crippen LogP contribution < -0.4 is 16.0 Å². The van der Waals surface area contributed by atoms with Crippen LogP contribution in [0.1, 0.15) is 70.9 Å². The van der Waals surface area contributed by atoms with Gasteiger partial charge < -0.3 is 15.6 Å². The third kappa shape index (κ3) is 5.35. The molecular formula is C22H35N5O3. The number of unbranched alkanes of at least 4 members (excludes halogenated alkanes) is 1. The third-order valence-corrected chi connectivity index (χ3v) is 6.46. The Morgan fingerprint density at radius 1 is 1.30 bits per heavy atom. The molecule has 2 fully saturated rings. The van der Waals surface area contributed by atoms with E-state index in [-0.39, 0.29) is 23.5 Å². The molecule has 8 heteroatoms. The Morgan fingerprint density at radius 2 is 2.07 bits per heavy atom. The van der Waals surface area contributed by atoms with Gasteiger partial charge in [0, 0.05) is 24.9 Å². The quantitative estimate of drug-likeness (QED) is 0.458. The fourth-order valence-electron chi connectivity index (χ4n) is 4.67. The molecular weight excluding hydrogens is 382 g/mol. The second kappa shape index (κ2) is 10.3. The van der Waals surface area contributed by atoms with E-state index < -0.39 is 17.6 Å². The molecule has 0 bridgehead atoms. The number of H-pyrrole nitrogens is 1. The molecule has 4 N–H and O–H groups in total. The zero-order valence-corrected chi connectivity index (χ0v) is 18.1. The molecule has 3 rings (SSSR count).